The van der Waals surface area contributed by atoms with Crippen LogP contribution in [0.4, 0.5) is 20.2 Å². The summed E-state index contributed by atoms with van der Waals surface area (Å²) in [4.78, 5) is 2.14. The zero-order valence-corrected chi connectivity index (χ0v) is 17.9. The van der Waals surface area contributed by atoms with E-state index in [1.807, 2.05) is 0 Å². The summed E-state index contributed by atoms with van der Waals surface area (Å²) >= 11 is 0. The van der Waals surface area contributed by atoms with Crippen LogP contribution in [0.1, 0.15) is 6.42 Å². The van der Waals surface area contributed by atoms with Gasteiger partial charge in [-0.05, 0) is 43.3 Å². The number of sulfonamides is 1. The van der Waals surface area contributed by atoms with E-state index in [4.69, 9.17) is 4.74 Å². The van der Waals surface area contributed by atoms with Crippen LogP contribution in [0.2, 0.25) is 0 Å². The number of nitrogens with zero attached hydrogens (tertiary/aromatic N) is 2. The van der Waals surface area contributed by atoms with Gasteiger partial charge in [0.15, 0.2) is 11.5 Å². The van der Waals surface area contributed by atoms with Crippen molar-refractivity contribution in [2.24, 2.45) is 0 Å². The van der Waals surface area contributed by atoms with Gasteiger partial charge in [0.05, 0.1) is 23.4 Å². The van der Waals surface area contributed by atoms with Gasteiger partial charge in [-0.2, -0.15) is 0 Å². The number of benzene rings is 2. The van der Waals surface area contributed by atoms with Crippen LogP contribution in [0.15, 0.2) is 41.3 Å². The highest BCUT2D eigenvalue weighted by Gasteiger charge is 2.43. The first kappa shape index (κ1) is 21.4. The highest BCUT2D eigenvalue weighted by Crippen LogP contribution is 2.43. The summed E-state index contributed by atoms with van der Waals surface area (Å²) in [6, 6.07) is 8.50. The van der Waals surface area contributed by atoms with E-state index in [1.54, 1.807) is 12.1 Å². The van der Waals surface area contributed by atoms with Crippen molar-refractivity contribution >= 4 is 21.4 Å². The first-order valence-corrected chi connectivity index (χ1v) is 11.2. The van der Waals surface area contributed by atoms with Gasteiger partial charge in [0.25, 0.3) is 10.0 Å². The molecule has 8 nitrogen and oxygen atoms in total. The lowest BCUT2D eigenvalue weighted by Crippen LogP contribution is -2.29. The van der Waals surface area contributed by atoms with Crippen molar-refractivity contribution in [3.63, 3.8) is 0 Å². The Balaban J connectivity index is 1.66. The molecule has 0 aliphatic carbocycles. The fourth-order valence-electron chi connectivity index (χ4n) is 3.59. The van der Waals surface area contributed by atoms with E-state index in [1.165, 1.54) is 38.4 Å². The Kier molecular flexibility index (Phi) is 5.56. The molecule has 2 aromatic rings. The minimum atomic E-state index is -3.98. The first-order valence-electron chi connectivity index (χ1n) is 9.74. The van der Waals surface area contributed by atoms with Crippen molar-refractivity contribution in [3.05, 3.63) is 36.4 Å². The quantitative estimate of drug-likeness (QED) is 0.743. The Bertz CT molecular complexity index is 1070. The number of rotatable bonds is 5. The topological polar surface area (TPSA) is 80.3 Å². The second kappa shape index (κ2) is 8.04. The van der Waals surface area contributed by atoms with Crippen LogP contribution in [0.25, 0.3) is 0 Å². The maximum atomic E-state index is 13.3. The maximum absolute atomic E-state index is 13.3. The van der Waals surface area contributed by atoms with E-state index in [9.17, 15) is 17.2 Å². The summed E-state index contributed by atoms with van der Waals surface area (Å²) in [5, 5.41) is 3.31. The fourth-order valence-corrected chi connectivity index (χ4v) is 4.80. The second-order valence-corrected chi connectivity index (χ2v) is 9.16. The highest BCUT2D eigenvalue weighted by molar-refractivity contribution is 7.92. The normalized spacial score (nSPS) is 17.9. The van der Waals surface area contributed by atoms with Crippen molar-refractivity contribution in [2.75, 3.05) is 49.5 Å². The number of alkyl halides is 2. The van der Waals surface area contributed by atoms with Gasteiger partial charge >= 0.3 is 6.29 Å². The molecular weight excluding hydrogens is 432 g/mol. The van der Waals surface area contributed by atoms with Crippen molar-refractivity contribution in [1.82, 2.24) is 5.32 Å². The zero-order chi connectivity index (χ0) is 22.2. The Morgan fingerprint density at radius 1 is 1.10 bits per heavy atom. The third kappa shape index (κ3) is 4.19. The highest BCUT2D eigenvalue weighted by atomic mass is 32.2. The van der Waals surface area contributed by atoms with Gasteiger partial charge in [0.2, 0.25) is 0 Å². The van der Waals surface area contributed by atoms with Crippen molar-refractivity contribution < 1.29 is 31.4 Å². The van der Waals surface area contributed by atoms with Gasteiger partial charge in [0.1, 0.15) is 5.75 Å². The van der Waals surface area contributed by atoms with E-state index in [0.29, 0.717) is 18.0 Å². The zero-order valence-electron chi connectivity index (χ0n) is 17.1. The van der Waals surface area contributed by atoms with Gasteiger partial charge in [-0.3, -0.25) is 4.31 Å². The van der Waals surface area contributed by atoms with Gasteiger partial charge in [-0.25, -0.2) is 8.42 Å². The molecule has 0 amide bonds. The molecule has 168 valence electrons. The molecule has 2 aliphatic heterocycles. The Morgan fingerprint density at radius 2 is 1.87 bits per heavy atom. The van der Waals surface area contributed by atoms with Crippen LogP contribution in [-0.4, -0.2) is 55.0 Å². The van der Waals surface area contributed by atoms with Crippen LogP contribution < -0.4 is 28.7 Å². The summed E-state index contributed by atoms with van der Waals surface area (Å²) in [5.74, 6) is 0.201. The molecule has 31 heavy (non-hydrogen) atoms. The maximum Gasteiger partial charge on any atom is 0.586 e. The van der Waals surface area contributed by atoms with E-state index >= 15 is 0 Å². The van der Waals surface area contributed by atoms with Crippen molar-refractivity contribution in [1.29, 1.82) is 0 Å². The molecule has 0 spiro atoms. The first-order chi connectivity index (χ1) is 14.7. The SMILES string of the molecule is COc1ccc(S(=O)(=O)N(C)c2ccc3c(c2)OC(F)(F)O3)cc1N1CCCNCC1. The number of methoxy groups -OCH3 is 1. The number of hydrogen-bond donors (Lipinski definition) is 1. The molecule has 1 saturated heterocycles. The van der Waals surface area contributed by atoms with Crippen LogP contribution in [0, 0.1) is 0 Å². The summed E-state index contributed by atoms with van der Waals surface area (Å²) in [5.41, 5.74) is 0.849. The summed E-state index contributed by atoms with van der Waals surface area (Å²) < 4.78 is 68.5. The summed E-state index contributed by atoms with van der Waals surface area (Å²) in [6.45, 7) is 3.15. The molecule has 4 rings (SSSR count). The smallest absolute Gasteiger partial charge is 0.495 e. The van der Waals surface area contributed by atoms with Gasteiger partial charge < -0.3 is 24.4 Å². The number of nitrogens with one attached hydrogen (secondary N) is 1. The van der Waals surface area contributed by atoms with E-state index in [2.05, 4.69) is 19.7 Å². The number of halogens is 2. The summed E-state index contributed by atoms with van der Waals surface area (Å²) in [6.07, 6.45) is -2.85. The lowest BCUT2D eigenvalue weighted by molar-refractivity contribution is -0.286. The predicted molar refractivity (Wildman–Crippen MR) is 111 cm³/mol. The van der Waals surface area contributed by atoms with E-state index < -0.39 is 16.3 Å². The van der Waals surface area contributed by atoms with Gasteiger partial charge in [-0.15, -0.1) is 8.78 Å². The number of hydrogen-bond acceptors (Lipinski definition) is 7. The number of fused-ring (bicyclic) bond motifs is 1. The average Bonchev–Trinajstić information content (AvgIpc) is 2.90. The predicted octanol–water partition coefficient (Wildman–Crippen LogP) is 2.64. The molecule has 11 heteroatoms. The molecule has 2 aliphatic rings. The average molecular weight is 455 g/mol. The largest absolute Gasteiger partial charge is 0.586 e. The van der Waals surface area contributed by atoms with Crippen LogP contribution in [0.5, 0.6) is 17.2 Å². The monoisotopic (exact) mass is 455 g/mol. The molecule has 2 aromatic carbocycles. The second-order valence-electron chi connectivity index (χ2n) is 7.20. The third-order valence-electron chi connectivity index (χ3n) is 5.24. The number of anilines is 2. The van der Waals surface area contributed by atoms with Gasteiger partial charge in [0, 0.05) is 32.7 Å². The van der Waals surface area contributed by atoms with Crippen LogP contribution in [-0.2, 0) is 10.0 Å². The van der Waals surface area contributed by atoms with Crippen LogP contribution in [0.3, 0.4) is 0 Å². The fraction of sp³-hybridized carbons (Fsp3) is 0.400. The molecule has 2 heterocycles. The molecule has 0 bridgehead atoms. The molecule has 0 aromatic heterocycles. The van der Waals surface area contributed by atoms with E-state index in [0.717, 1.165) is 30.4 Å². The van der Waals surface area contributed by atoms with Crippen molar-refractivity contribution in [3.8, 4) is 17.2 Å². The summed E-state index contributed by atoms with van der Waals surface area (Å²) in [7, 11) is -1.09. The lowest BCUT2D eigenvalue weighted by atomic mass is 10.2. The third-order valence-corrected chi connectivity index (χ3v) is 7.02. The Labute approximate surface area is 179 Å². The molecule has 1 fully saturated rings. The molecule has 0 atom stereocenters. The lowest BCUT2D eigenvalue weighted by Gasteiger charge is -2.26. The van der Waals surface area contributed by atoms with Crippen LogP contribution >= 0.6 is 0 Å². The van der Waals surface area contributed by atoms with Crippen molar-refractivity contribution in [2.45, 2.75) is 17.6 Å². The minimum absolute atomic E-state index is 0.0611. The molecule has 1 N–H and O–H groups in total. The molecule has 0 unspecified atom stereocenters. The molecular formula is C20H23F2N3O5S. The Hall–Kier alpha value is -2.79. The van der Waals surface area contributed by atoms with Gasteiger partial charge in [-0.1, -0.05) is 0 Å². The standard InChI is InChI=1S/C20H23F2N3O5S/c1-24(14-4-6-18-19(12-14)30-20(21,22)29-18)31(26,27)15-5-7-17(28-2)16(13-15)25-10-3-8-23-9-11-25/h4-7,12-13,23H,3,8-11H2,1-2H3. The minimum Gasteiger partial charge on any atom is -0.495 e. The number of ether oxygens (including phenoxy) is 3. The molecule has 0 saturated carbocycles. The Morgan fingerprint density at radius 3 is 2.65 bits per heavy atom. The van der Waals surface area contributed by atoms with E-state index in [-0.39, 0.29) is 22.1 Å². The molecule has 0 radical (unpaired) electrons.